The highest BCUT2D eigenvalue weighted by Gasteiger charge is 2.22. The Labute approximate surface area is 128 Å². The third kappa shape index (κ3) is 3.05. The van der Waals surface area contributed by atoms with E-state index in [4.69, 9.17) is 4.74 Å². The molecule has 0 aromatic heterocycles. The van der Waals surface area contributed by atoms with Crippen molar-refractivity contribution in [1.29, 1.82) is 0 Å². The molecule has 1 unspecified atom stereocenters. The van der Waals surface area contributed by atoms with E-state index in [1.165, 1.54) is 10.5 Å². The second-order valence-electron chi connectivity index (χ2n) is 4.85. The molecule has 4 heteroatoms. The molecule has 0 saturated carbocycles. The minimum atomic E-state index is -0.276. The smallest absolute Gasteiger partial charge is 0.338 e. The minimum Gasteiger partial charge on any atom is -0.462 e. The second-order valence-corrected chi connectivity index (χ2v) is 5.91. The Morgan fingerprint density at radius 3 is 3.00 bits per heavy atom. The van der Waals surface area contributed by atoms with Crippen LogP contribution in [-0.2, 0) is 4.74 Å². The Kier molecular flexibility index (Phi) is 4.15. The molecule has 1 aliphatic rings. The normalized spacial score (nSPS) is 16.3. The predicted octanol–water partition coefficient (Wildman–Crippen LogP) is 4.12. The summed E-state index contributed by atoms with van der Waals surface area (Å²) in [6.07, 6.45) is 0. The van der Waals surface area contributed by atoms with Crippen LogP contribution in [0, 0.1) is 0 Å². The van der Waals surface area contributed by atoms with E-state index in [-0.39, 0.29) is 12.0 Å². The predicted molar refractivity (Wildman–Crippen MR) is 85.9 cm³/mol. The topological polar surface area (TPSA) is 38.3 Å². The van der Waals surface area contributed by atoms with Gasteiger partial charge in [0, 0.05) is 16.3 Å². The van der Waals surface area contributed by atoms with Gasteiger partial charge in [-0.15, -0.1) is 11.8 Å². The summed E-state index contributed by atoms with van der Waals surface area (Å²) in [4.78, 5) is 13.1. The summed E-state index contributed by atoms with van der Waals surface area (Å²) in [6, 6.07) is 16.2. The lowest BCUT2D eigenvalue weighted by Gasteiger charge is -2.15. The second kappa shape index (κ2) is 6.22. The van der Waals surface area contributed by atoms with Crippen molar-refractivity contribution in [3.8, 4) is 0 Å². The van der Waals surface area contributed by atoms with Gasteiger partial charge in [-0.3, -0.25) is 0 Å². The summed E-state index contributed by atoms with van der Waals surface area (Å²) >= 11 is 1.86. The summed E-state index contributed by atoms with van der Waals surface area (Å²) in [5, 5.41) is 3.51. The monoisotopic (exact) mass is 299 g/mol. The number of hydrogen-bond donors (Lipinski definition) is 1. The highest BCUT2D eigenvalue weighted by Crippen LogP contribution is 2.39. The Bertz CT molecular complexity index is 657. The molecule has 108 valence electrons. The van der Waals surface area contributed by atoms with Gasteiger partial charge in [-0.1, -0.05) is 24.3 Å². The average Bonchev–Trinajstić information content (AvgIpc) is 2.91. The number of carbonyl (C=O) groups excluding carboxylic acids is 1. The summed E-state index contributed by atoms with van der Waals surface area (Å²) in [6.45, 7) is 2.20. The van der Waals surface area contributed by atoms with E-state index < -0.39 is 0 Å². The van der Waals surface area contributed by atoms with Crippen molar-refractivity contribution in [2.75, 3.05) is 17.7 Å². The molecule has 3 nitrogen and oxygen atoms in total. The molecule has 0 amide bonds. The van der Waals surface area contributed by atoms with Gasteiger partial charge in [0.05, 0.1) is 18.2 Å². The van der Waals surface area contributed by atoms with Gasteiger partial charge in [0.25, 0.3) is 0 Å². The maximum absolute atomic E-state index is 11.8. The van der Waals surface area contributed by atoms with Gasteiger partial charge in [0.1, 0.15) is 0 Å². The van der Waals surface area contributed by atoms with Crippen molar-refractivity contribution >= 4 is 23.4 Å². The quantitative estimate of drug-likeness (QED) is 0.862. The molecule has 0 bridgehead atoms. The van der Waals surface area contributed by atoms with Crippen molar-refractivity contribution in [3.63, 3.8) is 0 Å². The van der Waals surface area contributed by atoms with E-state index in [9.17, 15) is 4.79 Å². The number of fused-ring (bicyclic) bond motifs is 1. The zero-order valence-corrected chi connectivity index (χ0v) is 12.7. The Morgan fingerprint density at radius 1 is 1.29 bits per heavy atom. The molecule has 1 heterocycles. The largest absolute Gasteiger partial charge is 0.462 e. The molecule has 0 saturated heterocycles. The zero-order chi connectivity index (χ0) is 14.7. The van der Waals surface area contributed by atoms with E-state index in [1.807, 2.05) is 36.9 Å². The van der Waals surface area contributed by atoms with Crippen LogP contribution in [-0.4, -0.2) is 18.3 Å². The highest BCUT2D eigenvalue weighted by molar-refractivity contribution is 7.99. The first-order valence-electron chi connectivity index (χ1n) is 7.03. The molecule has 21 heavy (non-hydrogen) atoms. The van der Waals surface area contributed by atoms with Gasteiger partial charge < -0.3 is 10.1 Å². The van der Waals surface area contributed by atoms with E-state index in [0.29, 0.717) is 12.2 Å². The zero-order valence-electron chi connectivity index (χ0n) is 11.8. The number of thioether (sulfide) groups is 1. The lowest BCUT2D eigenvalue weighted by molar-refractivity contribution is 0.0526. The molecule has 2 aromatic carbocycles. The van der Waals surface area contributed by atoms with Crippen LogP contribution in [0.25, 0.3) is 0 Å². The lowest BCUT2D eigenvalue weighted by atomic mass is 10.1. The fraction of sp³-hybridized carbons (Fsp3) is 0.235. The van der Waals surface area contributed by atoms with E-state index >= 15 is 0 Å². The van der Waals surface area contributed by atoms with Crippen molar-refractivity contribution in [2.45, 2.75) is 17.9 Å². The third-order valence-corrected chi connectivity index (χ3v) is 4.60. The molecule has 1 N–H and O–H groups in total. The number of benzene rings is 2. The van der Waals surface area contributed by atoms with Gasteiger partial charge in [0.2, 0.25) is 0 Å². The maximum Gasteiger partial charge on any atom is 0.338 e. The van der Waals surface area contributed by atoms with E-state index in [1.54, 1.807) is 6.07 Å². The minimum absolute atomic E-state index is 0.276. The summed E-state index contributed by atoms with van der Waals surface area (Å²) in [5.74, 6) is 0.727. The highest BCUT2D eigenvalue weighted by atomic mass is 32.2. The van der Waals surface area contributed by atoms with Crippen LogP contribution in [0.4, 0.5) is 5.69 Å². The number of nitrogens with one attached hydrogen (secondary N) is 1. The van der Waals surface area contributed by atoms with Crippen LogP contribution in [0.15, 0.2) is 53.4 Å². The molecule has 0 aliphatic carbocycles. The summed E-state index contributed by atoms with van der Waals surface area (Å²) in [5.41, 5.74) is 2.85. The molecule has 2 aromatic rings. The molecule has 1 aliphatic heterocycles. The summed E-state index contributed by atoms with van der Waals surface area (Å²) in [7, 11) is 0. The van der Waals surface area contributed by atoms with Crippen LogP contribution < -0.4 is 5.32 Å². The third-order valence-electron chi connectivity index (χ3n) is 3.41. The van der Waals surface area contributed by atoms with Crippen LogP contribution in [0.5, 0.6) is 0 Å². The van der Waals surface area contributed by atoms with Crippen LogP contribution in [0.2, 0.25) is 0 Å². The molecular formula is C17H17NO2S. The number of esters is 1. The fourth-order valence-corrected chi connectivity index (χ4v) is 3.59. The first kappa shape index (κ1) is 14.0. The van der Waals surface area contributed by atoms with Crippen molar-refractivity contribution in [2.24, 2.45) is 0 Å². The van der Waals surface area contributed by atoms with Crippen molar-refractivity contribution in [1.82, 2.24) is 0 Å². The van der Waals surface area contributed by atoms with Crippen LogP contribution in [0.1, 0.15) is 28.9 Å². The Hall–Kier alpha value is -1.94. The number of hydrogen-bond acceptors (Lipinski definition) is 4. The Balaban J connectivity index is 1.77. The number of ether oxygens (including phenoxy) is 1. The summed E-state index contributed by atoms with van der Waals surface area (Å²) < 4.78 is 5.04. The van der Waals surface area contributed by atoms with Crippen LogP contribution in [0.3, 0.4) is 0 Å². The first-order chi connectivity index (χ1) is 10.3. The lowest BCUT2D eigenvalue weighted by Crippen LogP contribution is -2.11. The van der Waals surface area contributed by atoms with Gasteiger partial charge in [-0.2, -0.15) is 0 Å². The van der Waals surface area contributed by atoms with E-state index in [2.05, 4.69) is 29.6 Å². The molecule has 3 rings (SSSR count). The van der Waals surface area contributed by atoms with Gasteiger partial charge >= 0.3 is 5.97 Å². The fourth-order valence-electron chi connectivity index (χ4n) is 2.43. The van der Waals surface area contributed by atoms with Gasteiger partial charge in [0.15, 0.2) is 0 Å². The van der Waals surface area contributed by atoms with Crippen LogP contribution >= 0.6 is 11.8 Å². The molecule has 0 radical (unpaired) electrons. The van der Waals surface area contributed by atoms with Gasteiger partial charge in [-0.05, 0) is 36.8 Å². The Morgan fingerprint density at radius 2 is 2.14 bits per heavy atom. The van der Waals surface area contributed by atoms with E-state index in [0.717, 1.165) is 11.4 Å². The molecule has 1 atom stereocenters. The standard InChI is InChI=1S/C17H17NO2S/c1-2-20-17(19)12-6-5-7-13(10-12)18-15-11-21-16-9-4-3-8-14(15)16/h3-10,15,18H,2,11H2,1H3. The molecule has 0 fully saturated rings. The maximum atomic E-state index is 11.8. The SMILES string of the molecule is CCOC(=O)c1cccc(NC2CSc3ccccc32)c1. The van der Waals surface area contributed by atoms with Gasteiger partial charge in [-0.25, -0.2) is 4.79 Å². The first-order valence-corrected chi connectivity index (χ1v) is 8.02. The van der Waals surface area contributed by atoms with Crippen molar-refractivity contribution in [3.05, 3.63) is 59.7 Å². The molecular weight excluding hydrogens is 282 g/mol. The number of anilines is 1. The molecule has 0 spiro atoms. The van der Waals surface area contributed by atoms with Crippen molar-refractivity contribution < 1.29 is 9.53 Å². The number of carbonyl (C=O) groups is 1. The number of rotatable bonds is 4. The average molecular weight is 299 g/mol.